The number of alkyl halides is 2. The van der Waals surface area contributed by atoms with Gasteiger partial charge in [-0.1, -0.05) is 36.8 Å². The van der Waals surface area contributed by atoms with E-state index in [1.807, 2.05) is 19.1 Å². The van der Waals surface area contributed by atoms with Crippen LogP contribution < -0.4 is 15.1 Å². The van der Waals surface area contributed by atoms with Crippen molar-refractivity contribution in [2.45, 2.75) is 39.7 Å². The van der Waals surface area contributed by atoms with Gasteiger partial charge in [0.15, 0.2) is 0 Å². The van der Waals surface area contributed by atoms with Crippen molar-refractivity contribution >= 4 is 22.9 Å². The third-order valence-electron chi connectivity index (χ3n) is 7.18. The number of piperazine rings is 1. The van der Waals surface area contributed by atoms with Crippen LogP contribution in [0.2, 0.25) is 0 Å². The molecule has 0 saturated carbocycles. The van der Waals surface area contributed by atoms with Crippen molar-refractivity contribution in [2.24, 2.45) is 0 Å². The normalized spacial score (nSPS) is 14.2. The molecule has 0 aliphatic carbocycles. The van der Waals surface area contributed by atoms with Crippen molar-refractivity contribution in [3.05, 3.63) is 94.9 Å². The molecule has 198 valence electrons. The second-order valence-corrected chi connectivity index (χ2v) is 9.92. The first kappa shape index (κ1) is 25.7. The predicted octanol–water partition coefficient (Wildman–Crippen LogP) is 5.57. The Morgan fingerprint density at radius 3 is 2.08 bits per heavy atom. The zero-order valence-corrected chi connectivity index (χ0v) is 22.0. The maximum Gasteiger partial charge on any atom is 0.274 e. The quantitative estimate of drug-likeness (QED) is 0.348. The standard InChI is InChI=1S/C30H33F2N5O/c1-4-26-27(37-15-5-6-25(28(37)34-26)30(3,31)32)29(38)33-20-22-9-13-24(14-10-22)36-18-16-35(17-19-36)23-11-7-21(2)8-12-23/h5-15H,4,16-20H2,1-3H3,(H,33,38). The number of anilines is 2. The van der Waals surface area contributed by atoms with Crippen LogP contribution in [0.3, 0.4) is 0 Å². The average molecular weight is 518 g/mol. The summed E-state index contributed by atoms with van der Waals surface area (Å²) in [5.41, 5.74) is 5.38. The number of carbonyl (C=O) groups excluding carboxylic acids is 1. The molecule has 38 heavy (non-hydrogen) atoms. The molecule has 5 rings (SSSR count). The lowest BCUT2D eigenvalue weighted by molar-refractivity contribution is 0.0185. The van der Waals surface area contributed by atoms with Crippen molar-refractivity contribution in [3.8, 4) is 0 Å². The van der Waals surface area contributed by atoms with Gasteiger partial charge in [-0.05, 0) is 55.3 Å². The smallest absolute Gasteiger partial charge is 0.274 e. The minimum atomic E-state index is -3.05. The van der Waals surface area contributed by atoms with E-state index < -0.39 is 5.92 Å². The van der Waals surface area contributed by atoms with Crippen LogP contribution in [-0.2, 0) is 18.9 Å². The van der Waals surface area contributed by atoms with Gasteiger partial charge in [0.25, 0.3) is 11.8 Å². The van der Waals surface area contributed by atoms with E-state index in [-0.39, 0.29) is 17.1 Å². The first-order chi connectivity index (χ1) is 18.2. The summed E-state index contributed by atoms with van der Waals surface area (Å²) < 4.78 is 29.7. The molecule has 6 nitrogen and oxygen atoms in total. The summed E-state index contributed by atoms with van der Waals surface area (Å²) in [6, 6.07) is 19.8. The van der Waals surface area contributed by atoms with Crippen molar-refractivity contribution in [1.29, 1.82) is 0 Å². The third kappa shape index (κ3) is 5.21. The summed E-state index contributed by atoms with van der Waals surface area (Å²) in [4.78, 5) is 22.3. The van der Waals surface area contributed by atoms with E-state index in [0.717, 1.165) is 44.4 Å². The molecule has 0 bridgehead atoms. The number of hydrogen-bond acceptors (Lipinski definition) is 4. The lowest BCUT2D eigenvalue weighted by Gasteiger charge is -2.37. The number of nitrogens with zero attached hydrogens (tertiary/aromatic N) is 4. The molecule has 3 heterocycles. The Balaban J connectivity index is 1.22. The van der Waals surface area contributed by atoms with Gasteiger partial charge in [0.2, 0.25) is 0 Å². The molecule has 1 saturated heterocycles. The largest absolute Gasteiger partial charge is 0.368 e. The fourth-order valence-corrected chi connectivity index (χ4v) is 5.01. The Kier molecular flexibility index (Phi) is 7.06. The second-order valence-electron chi connectivity index (χ2n) is 9.92. The van der Waals surface area contributed by atoms with Gasteiger partial charge < -0.3 is 15.1 Å². The van der Waals surface area contributed by atoms with E-state index in [2.05, 4.69) is 63.4 Å². The summed E-state index contributed by atoms with van der Waals surface area (Å²) in [5, 5.41) is 2.95. The number of aryl methyl sites for hydroxylation is 2. The zero-order valence-electron chi connectivity index (χ0n) is 22.0. The molecular formula is C30H33F2N5O. The fourth-order valence-electron chi connectivity index (χ4n) is 5.01. The van der Waals surface area contributed by atoms with Crippen LogP contribution in [0.15, 0.2) is 66.9 Å². The summed E-state index contributed by atoms with van der Waals surface area (Å²) in [5.74, 6) is -3.39. The molecule has 1 aliphatic heterocycles. The SMILES string of the molecule is CCc1nc2c(C(C)(F)F)cccn2c1C(=O)NCc1ccc(N2CCN(c3ccc(C)cc3)CC2)cc1. The Bertz CT molecular complexity index is 1420. The minimum Gasteiger partial charge on any atom is -0.368 e. The van der Waals surface area contributed by atoms with Crippen molar-refractivity contribution in [2.75, 3.05) is 36.0 Å². The highest BCUT2D eigenvalue weighted by atomic mass is 19.3. The first-order valence-electron chi connectivity index (χ1n) is 13.1. The number of halogens is 2. The van der Waals surface area contributed by atoms with Crippen LogP contribution in [0.1, 0.15) is 46.7 Å². The Hall–Kier alpha value is -3.94. The summed E-state index contributed by atoms with van der Waals surface area (Å²) in [6.07, 6.45) is 2.07. The van der Waals surface area contributed by atoms with Crippen LogP contribution >= 0.6 is 0 Å². The number of amides is 1. The molecule has 4 aromatic rings. The zero-order chi connectivity index (χ0) is 26.9. The van der Waals surface area contributed by atoms with Gasteiger partial charge in [0.05, 0.1) is 11.3 Å². The molecule has 0 spiro atoms. The number of pyridine rings is 1. The van der Waals surface area contributed by atoms with Crippen LogP contribution in [0.4, 0.5) is 20.2 Å². The predicted molar refractivity (Wildman–Crippen MR) is 147 cm³/mol. The lowest BCUT2D eigenvalue weighted by Crippen LogP contribution is -2.46. The summed E-state index contributed by atoms with van der Waals surface area (Å²) >= 11 is 0. The number of carbonyl (C=O) groups is 1. The van der Waals surface area contributed by atoms with Crippen LogP contribution in [-0.4, -0.2) is 41.5 Å². The number of benzene rings is 2. The molecule has 2 aromatic heterocycles. The van der Waals surface area contributed by atoms with E-state index >= 15 is 0 Å². The van der Waals surface area contributed by atoms with Gasteiger partial charge in [-0.3, -0.25) is 9.20 Å². The number of nitrogens with one attached hydrogen (secondary N) is 1. The van der Waals surface area contributed by atoms with Gasteiger partial charge in [-0.25, -0.2) is 13.8 Å². The molecular weight excluding hydrogens is 484 g/mol. The maximum atomic E-state index is 14.1. The highest BCUT2D eigenvalue weighted by Crippen LogP contribution is 2.31. The number of aromatic nitrogens is 2. The Morgan fingerprint density at radius 2 is 1.53 bits per heavy atom. The van der Waals surface area contributed by atoms with Crippen LogP contribution in [0.5, 0.6) is 0 Å². The van der Waals surface area contributed by atoms with E-state index in [0.29, 0.717) is 24.4 Å². The molecule has 1 N–H and O–H groups in total. The molecule has 0 atom stereocenters. The monoisotopic (exact) mass is 517 g/mol. The number of imidazole rings is 1. The van der Waals surface area contributed by atoms with E-state index in [9.17, 15) is 13.6 Å². The van der Waals surface area contributed by atoms with E-state index in [1.54, 1.807) is 6.20 Å². The Morgan fingerprint density at radius 1 is 0.947 bits per heavy atom. The van der Waals surface area contributed by atoms with Crippen LogP contribution in [0, 0.1) is 6.92 Å². The third-order valence-corrected chi connectivity index (χ3v) is 7.18. The second kappa shape index (κ2) is 10.4. The van der Waals surface area contributed by atoms with Gasteiger partial charge in [0.1, 0.15) is 11.3 Å². The average Bonchev–Trinajstić information content (AvgIpc) is 3.31. The van der Waals surface area contributed by atoms with Gasteiger partial charge in [-0.15, -0.1) is 0 Å². The first-order valence-corrected chi connectivity index (χ1v) is 13.1. The molecule has 2 aromatic carbocycles. The van der Waals surface area contributed by atoms with E-state index in [4.69, 9.17) is 0 Å². The van der Waals surface area contributed by atoms with Gasteiger partial charge >= 0.3 is 0 Å². The topological polar surface area (TPSA) is 52.9 Å². The van der Waals surface area contributed by atoms with E-state index in [1.165, 1.54) is 27.8 Å². The van der Waals surface area contributed by atoms with Crippen LogP contribution in [0.25, 0.3) is 5.65 Å². The van der Waals surface area contributed by atoms with Crippen molar-refractivity contribution < 1.29 is 13.6 Å². The highest BCUT2D eigenvalue weighted by molar-refractivity contribution is 5.95. The molecule has 0 radical (unpaired) electrons. The van der Waals surface area contributed by atoms with Crippen molar-refractivity contribution in [1.82, 2.24) is 14.7 Å². The lowest BCUT2D eigenvalue weighted by atomic mass is 10.1. The highest BCUT2D eigenvalue weighted by Gasteiger charge is 2.30. The van der Waals surface area contributed by atoms with Gasteiger partial charge in [-0.2, -0.15) is 0 Å². The number of rotatable bonds is 7. The molecule has 0 unspecified atom stereocenters. The number of hydrogen-bond donors (Lipinski definition) is 1. The summed E-state index contributed by atoms with van der Waals surface area (Å²) in [7, 11) is 0. The molecule has 1 aliphatic rings. The fraction of sp³-hybridized carbons (Fsp3) is 0.333. The maximum absolute atomic E-state index is 14.1. The molecule has 1 fully saturated rings. The summed E-state index contributed by atoms with van der Waals surface area (Å²) in [6.45, 7) is 8.95. The van der Waals surface area contributed by atoms with Gasteiger partial charge in [0, 0.05) is 57.2 Å². The molecule has 1 amide bonds. The van der Waals surface area contributed by atoms with Crippen molar-refractivity contribution in [3.63, 3.8) is 0 Å². The number of fused-ring (bicyclic) bond motifs is 1. The minimum absolute atomic E-state index is 0.119. The Labute approximate surface area is 221 Å². The molecule has 8 heteroatoms.